The van der Waals surface area contributed by atoms with Crippen molar-refractivity contribution in [2.24, 2.45) is 0 Å². The molecule has 2 aromatic heterocycles. The first-order valence-corrected chi connectivity index (χ1v) is 16.5. The van der Waals surface area contributed by atoms with Crippen LogP contribution in [0.2, 0.25) is 20.1 Å². The Morgan fingerprint density at radius 1 is 0.894 bits per heavy atom. The summed E-state index contributed by atoms with van der Waals surface area (Å²) in [5, 5.41) is 21.4. The Hall–Kier alpha value is -3.22. The first kappa shape index (κ1) is 35.1. The van der Waals surface area contributed by atoms with Gasteiger partial charge in [0.25, 0.3) is 0 Å². The predicted molar refractivity (Wildman–Crippen MR) is 181 cm³/mol. The highest BCUT2D eigenvalue weighted by Crippen LogP contribution is 2.41. The molecule has 0 amide bonds. The molecule has 0 radical (unpaired) electrons. The number of halogens is 4. The number of rotatable bonds is 11. The van der Waals surface area contributed by atoms with Gasteiger partial charge in [-0.15, -0.1) is 0 Å². The van der Waals surface area contributed by atoms with Crippen molar-refractivity contribution in [2.75, 3.05) is 6.61 Å². The standard InChI is InChI=1S/C19H17Cl2N3O3.C14H17Cl2N3O/c1-13-9-25-19(27-13,10-24-12-22-11-23-24)17-7-6-16(8-18(17)21)26-15-4-2-14(20)3-5-15;1-2-3-6-14(20,8-19-10-17-9-18-19)12-5-4-11(15)7-13(12)16/h2-8,11-13H,9-10H2,1H3;4-5,7,9-10,20H,2-3,6,8H2,1H3. The van der Waals surface area contributed by atoms with Gasteiger partial charge in [0.2, 0.25) is 5.79 Å². The molecule has 0 bridgehead atoms. The minimum atomic E-state index is -1.08. The van der Waals surface area contributed by atoms with Gasteiger partial charge in [-0.2, -0.15) is 10.2 Å². The Bertz CT molecular complexity index is 1730. The summed E-state index contributed by atoms with van der Waals surface area (Å²) in [7, 11) is 0. The van der Waals surface area contributed by atoms with Gasteiger partial charge in [-0.25, -0.2) is 19.3 Å². The zero-order chi connectivity index (χ0) is 33.4. The third-order valence-corrected chi connectivity index (χ3v) is 8.56. The van der Waals surface area contributed by atoms with E-state index >= 15 is 0 Å². The van der Waals surface area contributed by atoms with E-state index in [2.05, 4.69) is 27.1 Å². The minimum Gasteiger partial charge on any atom is -0.457 e. The molecule has 1 N–H and O–H groups in total. The molecule has 3 atom stereocenters. The summed E-state index contributed by atoms with van der Waals surface area (Å²) >= 11 is 24.6. The highest BCUT2D eigenvalue weighted by atomic mass is 35.5. The fourth-order valence-corrected chi connectivity index (χ4v) is 6.23. The maximum atomic E-state index is 11.0. The largest absolute Gasteiger partial charge is 0.457 e. The monoisotopic (exact) mass is 718 g/mol. The SMILES string of the molecule is CC1COC(Cn2cncn2)(c2ccc(Oc3ccc(Cl)cc3)cc2Cl)O1.CCCCC(O)(Cn1cncn1)c1ccc(Cl)cc1Cl. The van der Waals surface area contributed by atoms with Gasteiger partial charge in [0.15, 0.2) is 0 Å². The molecule has 3 heterocycles. The van der Waals surface area contributed by atoms with E-state index in [4.69, 9.17) is 60.6 Å². The van der Waals surface area contributed by atoms with E-state index in [0.717, 1.165) is 12.8 Å². The zero-order valence-electron chi connectivity index (χ0n) is 25.8. The number of nitrogens with zero attached hydrogens (tertiary/aromatic N) is 6. The van der Waals surface area contributed by atoms with E-state index < -0.39 is 11.4 Å². The van der Waals surface area contributed by atoms with Crippen LogP contribution in [0.5, 0.6) is 11.5 Å². The summed E-state index contributed by atoms with van der Waals surface area (Å²) in [4.78, 5) is 7.88. The lowest BCUT2D eigenvalue weighted by Crippen LogP contribution is -2.34. The second kappa shape index (κ2) is 15.8. The van der Waals surface area contributed by atoms with Crippen LogP contribution >= 0.6 is 46.4 Å². The van der Waals surface area contributed by atoms with Crippen molar-refractivity contribution < 1.29 is 19.3 Å². The number of aliphatic hydroxyl groups is 1. The highest BCUT2D eigenvalue weighted by molar-refractivity contribution is 6.35. The van der Waals surface area contributed by atoms with Crippen molar-refractivity contribution in [1.82, 2.24) is 29.5 Å². The molecule has 1 aliphatic heterocycles. The average molecular weight is 720 g/mol. The van der Waals surface area contributed by atoms with E-state index in [0.29, 0.717) is 68.8 Å². The second-order valence-electron chi connectivity index (χ2n) is 11.1. The summed E-state index contributed by atoms with van der Waals surface area (Å²) in [6.45, 7) is 5.16. The van der Waals surface area contributed by atoms with Gasteiger partial charge < -0.3 is 19.3 Å². The maximum Gasteiger partial charge on any atom is 0.217 e. The predicted octanol–water partition coefficient (Wildman–Crippen LogP) is 8.33. The Balaban J connectivity index is 0.000000194. The van der Waals surface area contributed by atoms with Crippen LogP contribution in [-0.2, 0) is 34.0 Å². The molecule has 0 saturated carbocycles. The van der Waals surface area contributed by atoms with Crippen molar-refractivity contribution >= 4 is 46.4 Å². The Labute approximate surface area is 293 Å². The van der Waals surface area contributed by atoms with Crippen molar-refractivity contribution in [1.29, 1.82) is 0 Å². The van der Waals surface area contributed by atoms with E-state index in [1.807, 2.05) is 19.1 Å². The molecular weight excluding hydrogens is 686 g/mol. The molecule has 0 spiro atoms. The third kappa shape index (κ3) is 9.03. The van der Waals surface area contributed by atoms with E-state index in [9.17, 15) is 5.11 Å². The quantitative estimate of drug-likeness (QED) is 0.145. The molecule has 10 nitrogen and oxygen atoms in total. The van der Waals surface area contributed by atoms with Gasteiger partial charge >= 0.3 is 0 Å². The van der Waals surface area contributed by atoms with Gasteiger partial charge in [0.1, 0.15) is 49.0 Å². The average Bonchev–Trinajstić information content (AvgIpc) is 3.82. The van der Waals surface area contributed by atoms with Crippen LogP contribution in [0.25, 0.3) is 0 Å². The maximum absolute atomic E-state index is 11.0. The number of hydrogen-bond donors (Lipinski definition) is 1. The van der Waals surface area contributed by atoms with Crippen molar-refractivity contribution in [3.05, 3.63) is 117 Å². The Morgan fingerprint density at radius 2 is 1.57 bits per heavy atom. The molecule has 1 saturated heterocycles. The topological polar surface area (TPSA) is 109 Å². The molecule has 0 aliphatic carbocycles. The first-order chi connectivity index (χ1) is 22.6. The van der Waals surface area contributed by atoms with Gasteiger partial charge in [0.05, 0.1) is 24.3 Å². The van der Waals surface area contributed by atoms with Crippen LogP contribution < -0.4 is 4.74 Å². The molecule has 1 fully saturated rings. The van der Waals surface area contributed by atoms with Gasteiger partial charge in [-0.3, -0.25) is 0 Å². The molecule has 6 rings (SSSR count). The van der Waals surface area contributed by atoms with Crippen LogP contribution in [0.1, 0.15) is 44.2 Å². The molecule has 3 aromatic carbocycles. The van der Waals surface area contributed by atoms with Crippen molar-refractivity contribution in [3.63, 3.8) is 0 Å². The second-order valence-corrected chi connectivity index (χ2v) is 12.8. The minimum absolute atomic E-state index is 0.0606. The van der Waals surface area contributed by atoms with Crippen LogP contribution in [0.3, 0.4) is 0 Å². The zero-order valence-corrected chi connectivity index (χ0v) is 28.8. The van der Waals surface area contributed by atoms with Crippen LogP contribution in [-0.4, -0.2) is 47.3 Å². The number of hydrogen-bond acceptors (Lipinski definition) is 8. The summed E-state index contributed by atoms with van der Waals surface area (Å²) in [6.07, 6.45) is 8.54. The number of benzene rings is 3. The molecule has 47 heavy (non-hydrogen) atoms. The lowest BCUT2D eigenvalue weighted by molar-refractivity contribution is -0.186. The van der Waals surface area contributed by atoms with Crippen molar-refractivity contribution in [3.8, 4) is 11.5 Å². The lowest BCUT2D eigenvalue weighted by Gasteiger charge is -2.29. The third-order valence-electron chi connectivity index (χ3n) is 7.45. The molecule has 3 unspecified atom stereocenters. The fourth-order valence-electron chi connectivity index (χ4n) is 5.21. The first-order valence-electron chi connectivity index (χ1n) is 15.0. The number of aromatic nitrogens is 6. The van der Waals surface area contributed by atoms with Crippen LogP contribution in [0.4, 0.5) is 0 Å². The number of unbranched alkanes of at least 4 members (excludes halogenated alkanes) is 1. The van der Waals surface area contributed by atoms with Gasteiger partial charge in [-0.05, 0) is 67.9 Å². The lowest BCUT2D eigenvalue weighted by atomic mass is 9.88. The Morgan fingerprint density at radius 3 is 2.17 bits per heavy atom. The summed E-state index contributed by atoms with van der Waals surface area (Å²) in [6, 6.07) is 17.7. The molecule has 14 heteroatoms. The van der Waals surface area contributed by atoms with Gasteiger partial charge in [-0.1, -0.05) is 72.2 Å². The van der Waals surface area contributed by atoms with E-state index in [1.54, 1.807) is 70.5 Å². The Kier molecular flexibility index (Phi) is 11.8. The highest BCUT2D eigenvalue weighted by Gasteiger charge is 2.44. The molecule has 248 valence electrons. The van der Waals surface area contributed by atoms with Crippen molar-refractivity contribution in [2.45, 2.75) is 63.7 Å². The van der Waals surface area contributed by atoms with Gasteiger partial charge in [0, 0.05) is 26.2 Å². The van der Waals surface area contributed by atoms with E-state index in [-0.39, 0.29) is 6.10 Å². The summed E-state index contributed by atoms with van der Waals surface area (Å²) in [5.74, 6) is 0.249. The van der Waals surface area contributed by atoms with Crippen LogP contribution in [0, 0.1) is 0 Å². The smallest absolute Gasteiger partial charge is 0.217 e. The normalized spacial score (nSPS) is 18.7. The number of ether oxygens (including phenoxy) is 3. The molecule has 1 aliphatic rings. The van der Waals surface area contributed by atoms with E-state index in [1.165, 1.54) is 12.7 Å². The molecule has 5 aromatic rings. The summed E-state index contributed by atoms with van der Waals surface area (Å²) in [5.41, 5.74) is 0.311. The summed E-state index contributed by atoms with van der Waals surface area (Å²) < 4.78 is 21.2. The molecular formula is C33H34Cl4N6O4. The van der Waals surface area contributed by atoms with Crippen LogP contribution in [0.15, 0.2) is 86.0 Å². The fraction of sp³-hybridized carbons (Fsp3) is 0.333.